The van der Waals surface area contributed by atoms with Crippen LogP contribution in [0.15, 0.2) is 47.2 Å². The molecule has 0 fully saturated rings. The van der Waals surface area contributed by atoms with Crippen LogP contribution in [-0.2, 0) is 6.54 Å². The smallest absolute Gasteiger partial charge is 0.133 e. The third-order valence-electron chi connectivity index (χ3n) is 3.41. The number of hydrogen-bond acceptors (Lipinski definition) is 6. The van der Waals surface area contributed by atoms with Gasteiger partial charge in [0.05, 0.1) is 23.8 Å². The van der Waals surface area contributed by atoms with Gasteiger partial charge in [0, 0.05) is 18.5 Å². The van der Waals surface area contributed by atoms with E-state index in [4.69, 9.17) is 4.74 Å². The highest BCUT2D eigenvalue weighted by Crippen LogP contribution is 2.27. The molecule has 2 N–H and O–H groups in total. The van der Waals surface area contributed by atoms with Crippen LogP contribution in [0.25, 0.3) is 9.88 Å². The summed E-state index contributed by atoms with van der Waals surface area (Å²) in [5.41, 5.74) is 1.84. The van der Waals surface area contributed by atoms with Crippen molar-refractivity contribution in [2.75, 3.05) is 13.7 Å². The van der Waals surface area contributed by atoms with Crippen LogP contribution in [0.5, 0.6) is 5.75 Å². The van der Waals surface area contributed by atoms with E-state index in [0.29, 0.717) is 13.1 Å². The fourth-order valence-corrected chi connectivity index (χ4v) is 3.84. The van der Waals surface area contributed by atoms with Crippen LogP contribution in [0, 0.1) is 0 Å². The number of aliphatic hydroxyl groups is 1. The highest BCUT2D eigenvalue weighted by molar-refractivity contribution is 7.20. The summed E-state index contributed by atoms with van der Waals surface area (Å²) in [5.74, 6) is 0.752. The topological polar surface area (TPSA) is 54.4 Å². The first-order valence-corrected chi connectivity index (χ1v) is 9.03. The zero-order valence-corrected chi connectivity index (χ0v) is 14.4. The van der Waals surface area contributed by atoms with Gasteiger partial charge in [0.15, 0.2) is 0 Å². The lowest BCUT2D eigenvalue weighted by Gasteiger charge is -2.12. The van der Waals surface area contributed by atoms with Crippen LogP contribution in [0.2, 0.25) is 0 Å². The Balaban J connectivity index is 1.53. The van der Waals surface area contributed by atoms with Crippen molar-refractivity contribution in [3.63, 3.8) is 0 Å². The minimum Gasteiger partial charge on any atom is -0.497 e. The van der Waals surface area contributed by atoms with Crippen molar-refractivity contribution >= 4 is 22.7 Å². The second kappa shape index (κ2) is 7.70. The molecule has 0 radical (unpaired) electrons. The third kappa shape index (κ3) is 4.17. The fourth-order valence-electron chi connectivity index (χ4n) is 2.21. The van der Waals surface area contributed by atoms with E-state index in [1.165, 1.54) is 4.88 Å². The van der Waals surface area contributed by atoms with Crippen LogP contribution in [-0.4, -0.2) is 23.7 Å². The number of aromatic nitrogens is 1. The number of aliphatic hydroxyl groups excluding tert-OH is 1. The van der Waals surface area contributed by atoms with Crippen LogP contribution < -0.4 is 10.1 Å². The standard InChI is InChI=1S/C17H18N2O2S2/c1-21-14-5-2-4-12(8-14)15(20)10-18-9-13-11-23-17(19-13)16-6-3-7-22-16/h2-8,11,15,18,20H,9-10H2,1H3. The van der Waals surface area contributed by atoms with E-state index in [2.05, 4.69) is 27.1 Å². The maximum atomic E-state index is 10.2. The average Bonchev–Trinajstić information content (AvgIpc) is 3.26. The minimum absolute atomic E-state index is 0.471. The molecule has 23 heavy (non-hydrogen) atoms. The molecular formula is C17H18N2O2S2. The quantitative estimate of drug-likeness (QED) is 0.685. The summed E-state index contributed by atoms with van der Waals surface area (Å²) in [4.78, 5) is 5.81. The Kier molecular flexibility index (Phi) is 5.40. The predicted molar refractivity (Wildman–Crippen MR) is 95.1 cm³/mol. The zero-order chi connectivity index (χ0) is 16.1. The van der Waals surface area contributed by atoms with Crippen LogP contribution in [0.3, 0.4) is 0 Å². The molecular weight excluding hydrogens is 328 g/mol. The number of benzene rings is 1. The number of thiazole rings is 1. The molecule has 1 unspecified atom stereocenters. The number of thiophene rings is 1. The van der Waals surface area contributed by atoms with Gasteiger partial charge in [-0.2, -0.15) is 0 Å². The van der Waals surface area contributed by atoms with Crippen molar-refractivity contribution in [2.45, 2.75) is 12.6 Å². The van der Waals surface area contributed by atoms with E-state index < -0.39 is 6.10 Å². The van der Waals surface area contributed by atoms with Gasteiger partial charge in [-0.05, 0) is 29.1 Å². The number of nitrogens with one attached hydrogen (secondary N) is 1. The molecule has 2 heterocycles. The zero-order valence-electron chi connectivity index (χ0n) is 12.7. The molecule has 3 aromatic rings. The molecule has 1 aromatic carbocycles. The maximum Gasteiger partial charge on any atom is 0.133 e. The average molecular weight is 346 g/mol. The summed E-state index contributed by atoms with van der Waals surface area (Å²) in [6, 6.07) is 11.6. The van der Waals surface area contributed by atoms with Gasteiger partial charge in [-0.15, -0.1) is 22.7 Å². The molecule has 120 valence electrons. The minimum atomic E-state index is -0.569. The molecule has 0 amide bonds. The lowest BCUT2D eigenvalue weighted by atomic mass is 10.1. The first kappa shape index (κ1) is 16.1. The van der Waals surface area contributed by atoms with Crippen molar-refractivity contribution in [3.8, 4) is 15.6 Å². The molecule has 3 rings (SSSR count). The summed E-state index contributed by atoms with van der Waals surface area (Å²) in [6.07, 6.45) is -0.569. The lowest BCUT2D eigenvalue weighted by molar-refractivity contribution is 0.174. The van der Waals surface area contributed by atoms with Crippen molar-refractivity contribution in [1.82, 2.24) is 10.3 Å². The van der Waals surface area contributed by atoms with E-state index in [0.717, 1.165) is 22.0 Å². The Morgan fingerprint density at radius 2 is 2.17 bits per heavy atom. The molecule has 6 heteroatoms. The van der Waals surface area contributed by atoms with Crippen molar-refractivity contribution in [3.05, 3.63) is 58.4 Å². The number of rotatable bonds is 7. The molecule has 0 aliphatic heterocycles. The van der Waals surface area contributed by atoms with Crippen molar-refractivity contribution < 1.29 is 9.84 Å². The molecule has 0 spiro atoms. The number of methoxy groups -OCH3 is 1. The normalized spacial score (nSPS) is 12.3. The van der Waals surface area contributed by atoms with Crippen LogP contribution in [0.4, 0.5) is 0 Å². The second-order valence-corrected chi connectivity index (χ2v) is 6.85. The van der Waals surface area contributed by atoms with Crippen molar-refractivity contribution in [2.24, 2.45) is 0 Å². The highest BCUT2D eigenvalue weighted by atomic mass is 32.1. The van der Waals surface area contributed by atoms with E-state index in [1.807, 2.05) is 30.3 Å². The van der Waals surface area contributed by atoms with Gasteiger partial charge in [0.1, 0.15) is 10.8 Å². The predicted octanol–water partition coefficient (Wildman–Crippen LogP) is 3.70. The van der Waals surface area contributed by atoms with Gasteiger partial charge in [-0.25, -0.2) is 4.98 Å². The summed E-state index contributed by atoms with van der Waals surface area (Å²) in [5, 5.41) is 18.6. The summed E-state index contributed by atoms with van der Waals surface area (Å²) >= 11 is 3.34. The fraction of sp³-hybridized carbons (Fsp3) is 0.235. The molecule has 0 saturated heterocycles. The molecule has 0 aliphatic rings. The molecule has 1 atom stereocenters. The van der Waals surface area contributed by atoms with E-state index in [1.54, 1.807) is 29.8 Å². The second-order valence-electron chi connectivity index (χ2n) is 5.04. The SMILES string of the molecule is COc1cccc(C(O)CNCc2csc(-c3cccs3)n2)c1. The van der Waals surface area contributed by atoms with Gasteiger partial charge in [-0.3, -0.25) is 0 Å². The van der Waals surface area contributed by atoms with Crippen LogP contribution in [0.1, 0.15) is 17.4 Å². The Bertz CT molecular complexity index is 741. The summed E-state index contributed by atoms with van der Waals surface area (Å²) in [7, 11) is 1.62. The largest absolute Gasteiger partial charge is 0.497 e. The monoisotopic (exact) mass is 346 g/mol. The summed E-state index contributed by atoms with van der Waals surface area (Å²) < 4.78 is 5.18. The van der Waals surface area contributed by atoms with Gasteiger partial charge in [-0.1, -0.05) is 18.2 Å². The van der Waals surface area contributed by atoms with Gasteiger partial charge in [0.25, 0.3) is 0 Å². The van der Waals surface area contributed by atoms with Gasteiger partial charge >= 0.3 is 0 Å². The lowest BCUT2D eigenvalue weighted by Crippen LogP contribution is -2.21. The Morgan fingerprint density at radius 1 is 1.26 bits per heavy atom. The molecule has 4 nitrogen and oxygen atoms in total. The Hall–Kier alpha value is -1.73. The Labute approximate surface area is 143 Å². The Morgan fingerprint density at radius 3 is 2.96 bits per heavy atom. The highest BCUT2D eigenvalue weighted by Gasteiger charge is 2.09. The first-order valence-electron chi connectivity index (χ1n) is 7.27. The number of nitrogens with zero attached hydrogens (tertiary/aromatic N) is 1. The maximum absolute atomic E-state index is 10.2. The number of hydrogen-bond donors (Lipinski definition) is 2. The van der Waals surface area contributed by atoms with Gasteiger partial charge in [0.2, 0.25) is 0 Å². The number of ether oxygens (including phenoxy) is 1. The van der Waals surface area contributed by atoms with E-state index >= 15 is 0 Å². The first-order chi connectivity index (χ1) is 11.3. The van der Waals surface area contributed by atoms with Crippen LogP contribution >= 0.6 is 22.7 Å². The molecule has 0 bridgehead atoms. The van der Waals surface area contributed by atoms with Gasteiger partial charge < -0.3 is 15.2 Å². The van der Waals surface area contributed by atoms with E-state index in [-0.39, 0.29) is 0 Å². The van der Waals surface area contributed by atoms with Crippen molar-refractivity contribution in [1.29, 1.82) is 0 Å². The third-order valence-corrected chi connectivity index (χ3v) is 5.34. The molecule has 0 aliphatic carbocycles. The molecule has 2 aromatic heterocycles. The summed E-state index contributed by atoms with van der Waals surface area (Å²) in [6.45, 7) is 1.11. The molecule has 0 saturated carbocycles. The van der Waals surface area contributed by atoms with E-state index in [9.17, 15) is 5.11 Å².